The second kappa shape index (κ2) is 1.80. The fraction of sp³-hybridized carbons (Fsp3) is 0.200. The molecule has 3 nitrogen and oxygen atoms in total. The molecule has 0 spiro atoms. The average Bonchev–Trinajstić information content (AvgIpc) is 2.33. The molecule has 0 bridgehead atoms. The summed E-state index contributed by atoms with van der Waals surface area (Å²) in [6.45, 7) is 0.690. The first-order chi connectivity index (χ1) is 4.47. The molecule has 9 heavy (non-hydrogen) atoms. The molecule has 0 atom stereocenters. The smallest absolute Gasteiger partial charge is 0.141 e. The molecule has 0 saturated heterocycles. The van der Waals surface area contributed by atoms with Crippen molar-refractivity contribution in [2.75, 3.05) is 6.67 Å². The number of nitrogens with one attached hydrogen (secondary N) is 1. The van der Waals surface area contributed by atoms with Crippen LogP contribution in [0.5, 0.6) is 0 Å². The Kier molecular flexibility index (Phi) is 0.989. The standard InChI is InChI=1S/C5H5N3S/c1-4-2-8-9-5(4)7-3-6-1/h1-2,6H,3H2. The van der Waals surface area contributed by atoms with Crippen molar-refractivity contribution in [3.63, 3.8) is 0 Å². The summed E-state index contributed by atoms with van der Waals surface area (Å²) in [6, 6.07) is 0. The lowest BCUT2D eigenvalue weighted by molar-refractivity contribution is 0.879. The van der Waals surface area contributed by atoms with Gasteiger partial charge in [0.05, 0.1) is 6.20 Å². The van der Waals surface area contributed by atoms with Crippen molar-refractivity contribution < 1.29 is 0 Å². The second-order valence-corrected chi connectivity index (χ2v) is 2.53. The Bertz CT molecular complexity index is 283. The molecule has 1 aromatic heterocycles. The van der Waals surface area contributed by atoms with Crippen LogP contribution in [0.2, 0.25) is 0 Å². The lowest BCUT2D eigenvalue weighted by atomic mass is 10.5. The Morgan fingerprint density at radius 2 is 2.67 bits per heavy atom. The first kappa shape index (κ1) is 4.93. The Morgan fingerprint density at radius 1 is 1.67 bits per heavy atom. The molecule has 2 heterocycles. The molecule has 2 rings (SSSR count). The largest absolute Gasteiger partial charge is 0.372 e. The van der Waals surface area contributed by atoms with Crippen molar-refractivity contribution in [1.29, 1.82) is 0 Å². The molecule has 0 amide bonds. The maximum absolute atomic E-state index is 4.17. The van der Waals surface area contributed by atoms with Crippen LogP contribution in [0.4, 0.5) is 0 Å². The highest BCUT2D eigenvalue weighted by atomic mass is 32.1. The molecule has 0 radical (unpaired) electrons. The minimum absolute atomic E-state index is 0.690. The van der Waals surface area contributed by atoms with E-state index in [0.29, 0.717) is 6.67 Å². The van der Waals surface area contributed by atoms with E-state index in [9.17, 15) is 0 Å². The molecule has 1 N–H and O–H groups in total. The summed E-state index contributed by atoms with van der Waals surface area (Å²) in [6.07, 6.45) is 3.75. The average molecular weight is 139 g/mol. The third-order valence-corrected chi connectivity index (χ3v) is 1.90. The van der Waals surface area contributed by atoms with Gasteiger partial charge in [0.25, 0.3) is 0 Å². The van der Waals surface area contributed by atoms with Gasteiger partial charge < -0.3 is 5.32 Å². The Hall–Kier alpha value is -0.900. The molecule has 0 aliphatic carbocycles. The second-order valence-electron chi connectivity index (χ2n) is 1.75. The van der Waals surface area contributed by atoms with Gasteiger partial charge in [-0.1, -0.05) is 0 Å². The van der Waals surface area contributed by atoms with Crippen molar-refractivity contribution in [3.05, 3.63) is 16.1 Å². The van der Waals surface area contributed by atoms with E-state index >= 15 is 0 Å². The topological polar surface area (TPSA) is 37.3 Å². The lowest BCUT2D eigenvalue weighted by Crippen LogP contribution is -2.28. The van der Waals surface area contributed by atoms with Crippen LogP contribution < -0.4 is 15.2 Å². The van der Waals surface area contributed by atoms with E-state index in [2.05, 4.69) is 14.7 Å². The summed E-state index contributed by atoms with van der Waals surface area (Å²) in [5.74, 6) is 0. The van der Waals surface area contributed by atoms with Crippen LogP contribution in [0.1, 0.15) is 0 Å². The maximum atomic E-state index is 4.17. The molecule has 1 aliphatic rings. The number of hydrogen-bond donors (Lipinski definition) is 1. The summed E-state index contributed by atoms with van der Waals surface area (Å²) in [4.78, 5) is 4.17. The Labute approximate surface area is 55.9 Å². The van der Waals surface area contributed by atoms with Gasteiger partial charge in [0, 0.05) is 11.4 Å². The van der Waals surface area contributed by atoms with Crippen molar-refractivity contribution >= 4 is 17.7 Å². The quantitative estimate of drug-likeness (QED) is 0.504. The first-order valence-corrected chi connectivity index (χ1v) is 3.43. The molecular formula is C5H5N3S. The van der Waals surface area contributed by atoms with Gasteiger partial charge in [0.1, 0.15) is 11.3 Å². The summed E-state index contributed by atoms with van der Waals surface area (Å²) < 4.78 is 5.02. The van der Waals surface area contributed by atoms with Crippen molar-refractivity contribution in [2.45, 2.75) is 0 Å². The minimum Gasteiger partial charge on any atom is -0.372 e. The van der Waals surface area contributed by atoms with Crippen LogP contribution >= 0.6 is 11.5 Å². The van der Waals surface area contributed by atoms with Gasteiger partial charge in [-0.2, -0.15) is 4.37 Å². The first-order valence-electron chi connectivity index (χ1n) is 2.65. The zero-order chi connectivity index (χ0) is 6.10. The summed E-state index contributed by atoms with van der Waals surface area (Å²) >= 11 is 1.44. The lowest BCUT2D eigenvalue weighted by Gasteiger charge is -1.95. The SMILES string of the molecule is C1=c2cnsc2=NCN1. The highest BCUT2D eigenvalue weighted by Gasteiger charge is 1.92. The van der Waals surface area contributed by atoms with Crippen molar-refractivity contribution in [3.8, 4) is 0 Å². The summed E-state index contributed by atoms with van der Waals surface area (Å²) in [7, 11) is 0. The number of aromatic nitrogens is 1. The van der Waals surface area contributed by atoms with E-state index in [1.807, 2.05) is 12.4 Å². The van der Waals surface area contributed by atoms with Crippen molar-refractivity contribution in [2.24, 2.45) is 4.99 Å². The van der Waals surface area contributed by atoms with E-state index in [1.54, 1.807) is 0 Å². The summed E-state index contributed by atoms with van der Waals surface area (Å²) in [5.41, 5.74) is 0. The number of rotatable bonds is 0. The van der Waals surface area contributed by atoms with Crippen LogP contribution in [-0.4, -0.2) is 11.0 Å². The zero-order valence-electron chi connectivity index (χ0n) is 4.66. The molecular weight excluding hydrogens is 134 g/mol. The van der Waals surface area contributed by atoms with Gasteiger partial charge in [0.2, 0.25) is 0 Å². The van der Waals surface area contributed by atoms with Crippen LogP contribution in [-0.2, 0) is 0 Å². The van der Waals surface area contributed by atoms with Crippen LogP contribution in [0.3, 0.4) is 0 Å². The fourth-order valence-corrected chi connectivity index (χ4v) is 1.34. The monoisotopic (exact) mass is 139 g/mol. The fourth-order valence-electron chi connectivity index (χ4n) is 0.733. The van der Waals surface area contributed by atoms with E-state index in [-0.39, 0.29) is 0 Å². The third-order valence-electron chi connectivity index (χ3n) is 1.15. The Balaban J connectivity index is 2.89. The molecule has 0 saturated carbocycles. The molecule has 0 fully saturated rings. The predicted octanol–water partition coefficient (Wildman–Crippen LogP) is -0.939. The van der Waals surface area contributed by atoms with E-state index < -0.39 is 0 Å². The van der Waals surface area contributed by atoms with Crippen LogP contribution in [0.15, 0.2) is 11.2 Å². The Morgan fingerprint density at radius 3 is 3.56 bits per heavy atom. The van der Waals surface area contributed by atoms with E-state index in [1.165, 1.54) is 11.5 Å². The maximum Gasteiger partial charge on any atom is 0.141 e. The number of hydrogen-bond acceptors (Lipinski definition) is 4. The van der Waals surface area contributed by atoms with Gasteiger partial charge in [0.15, 0.2) is 0 Å². The molecule has 0 aromatic carbocycles. The molecule has 1 aliphatic heterocycles. The summed E-state index contributed by atoms with van der Waals surface area (Å²) in [5, 5.41) is 4.11. The third kappa shape index (κ3) is 0.712. The van der Waals surface area contributed by atoms with E-state index in [0.717, 1.165) is 9.89 Å². The molecule has 1 aromatic rings. The van der Waals surface area contributed by atoms with Gasteiger partial charge in [-0.25, -0.2) is 0 Å². The van der Waals surface area contributed by atoms with Crippen molar-refractivity contribution in [1.82, 2.24) is 9.69 Å². The highest BCUT2D eigenvalue weighted by molar-refractivity contribution is 7.02. The van der Waals surface area contributed by atoms with Gasteiger partial charge in [-0.3, -0.25) is 4.99 Å². The molecule has 4 heteroatoms. The van der Waals surface area contributed by atoms with Crippen LogP contribution in [0, 0.1) is 0 Å². The number of fused-ring (bicyclic) bond motifs is 1. The zero-order valence-corrected chi connectivity index (χ0v) is 5.48. The minimum atomic E-state index is 0.690. The predicted molar refractivity (Wildman–Crippen MR) is 35.4 cm³/mol. The van der Waals surface area contributed by atoms with Gasteiger partial charge in [-0.05, 0) is 11.5 Å². The van der Waals surface area contributed by atoms with Gasteiger partial charge in [-0.15, -0.1) is 0 Å². The highest BCUT2D eigenvalue weighted by Crippen LogP contribution is 1.75. The molecule has 46 valence electrons. The normalized spacial score (nSPS) is 14.7. The van der Waals surface area contributed by atoms with E-state index in [4.69, 9.17) is 0 Å². The van der Waals surface area contributed by atoms with Crippen LogP contribution in [0.25, 0.3) is 6.20 Å². The van der Waals surface area contributed by atoms with Gasteiger partial charge >= 0.3 is 0 Å². The molecule has 0 unspecified atom stereocenters. The number of nitrogens with zero attached hydrogens (tertiary/aromatic N) is 2.